The minimum absolute atomic E-state index is 0.125. The normalized spacial score (nSPS) is 10.3. The lowest BCUT2D eigenvalue weighted by atomic mass is 10.2. The maximum Gasteiger partial charge on any atom is 0.255 e. The fourth-order valence-corrected chi connectivity index (χ4v) is 2.02. The summed E-state index contributed by atoms with van der Waals surface area (Å²) in [5.41, 5.74) is 3.23. The highest BCUT2D eigenvalue weighted by Gasteiger charge is 2.06. The zero-order valence-corrected chi connectivity index (χ0v) is 11.5. The van der Waals surface area contributed by atoms with Gasteiger partial charge in [0.15, 0.2) is 0 Å². The Labute approximate surface area is 122 Å². The number of hydrogen-bond acceptors (Lipinski definition) is 3. The van der Waals surface area contributed by atoms with Gasteiger partial charge in [-0.2, -0.15) is 0 Å². The molecule has 0 saturated carbocycles. The topological polar surface area (TPSA) is 59.8 Å². The van der Waals surface area contributed by atoms with Gasteiger partial charge in [-0.15, -0.1) is 5.10 Å². The van der Waals surface area contributed by atoms with Gasteiger partial charge < -0.3 is 5.32 Å². The molecule has 5 nitrogen and oxygen atoms in total. The quantitative estimate of drug-likeness (QED) is 0.801. The lowest BCUT2D eigenvalue weighted by Crippen LogP contribution is -2.11. The Hall–Kier alpha value is -2.95. The molecule has 0 aliphatic heterocycles. The Morgan fingerprint density at radius 2 is 1.76 bits per heavy atom. The number of nitrogens with one attached hydrogen (secondary N) is 1. The van der Waals surface area contributed by atoms with E-state index in [1.165, 1.54) is 0 Å². The lowest BCUT2D eigenvalue weighted by Gasteiger charge is -2.07. The van der Waals surface area contributed by atoms with E-state index in [4.69, 9.17) is 0 Å². The fourth-order valence-electron chi connectivity index (χ4n) is 2.02. The number of rotatable bonds is 3. The second kappa shape index (κ2) is 5.58. The van der Waals surface area contributed by atoms with Crippen LogP contribution in [-0.4, -0.2) is 20.9 Å². The van der Waals surface area contributed by atoms with Crippen LogP contribution in [0.3, 0.4) is 0 Å². The van der Waals surface area contributed by atoms with Crippen molar-refractivity contribution in [3.8, 4) is 5.69 Å². The van der Waals surface area contributed by atoms with E-state index in [1.807, 2.05) is 49.4 Å². The van der Waals surface area contributed by atoms with Crippen molar-refractivity contribution in [1.29, 1.82) is 0 Å². The second-order valence-corrected chi connectivity index (χ2v) is 4.65. The van der Waals surface area contributed by atoms with Gasteiger partial charge in [-0.25, -0.2) is 4.68 Å². The highest BCUT2D eigenvalue weighted by molar-refractivity contribution is 6.04. The first-order valence-electron chi connectivity index (χ1n) is 6.58. The largest absolute Gasteiger partial charge is 0.322 e. The molecule has 5 heteroatoms. The minimum atomic E-state index is -0.125. The van der Waals surface area contributed by atoms with E-state index in [0.29, 0.717) is 5.56 Å². The number of nitrogens with zero attached hydrogens (tertiary/aromatic N) is 3. The number of benzene rings is 2. The summed E-state index contributed by atoms with van der Waals surface area (Å²) in [4.78, 5) is 12.0. The number of anilines is 1. The molecule has 0 unspecified atom stereocenters. The summed E-state index contributed by atoms with van der Waals surface area (Å²) in [6.07, 6.45) is 1.70. The highest BCUT2D eigenvalue weighted by atomic mass is 16.1. The summed E-state index contributed by atoms with van der Waals surface area (Å²) in [7, 11) is 0. The molecule has 0 fully saturated rings. The maximum atomic E-state index is 12.0. The predicted molar refractivity (Wildman–Crippen MR) is 80.5 cm³/mol. The number of hydrogen-bond donors (Lipinski definition) is 1. The van der Waals surface area contributed by atoms with E-state index >= 15 is 0 Å². The molecule has 21 heavy (non-hydrogen) atoms. The molecule has 1 heterocycles. The SMILES string of the molecule is Cc1cnnn1-c1ccc(NC(=O)c2ccccc2)cc1. The summed E-state index contributed by atoms with van der Waals surface area (Å²) in [6, 6.07) is 16.6. The summed E-state index contributed by atoms with van der Waals surface area (Å²) >= 11 is 0. The maximum absolute atomic E-state index is 12.0. The Morgan fingerprint density at radius 1 is 1.05 bits per heavy atom. The Morgan fingerprint density at radius 3 is 2.38 bits per heavy atom. The molecule has 0 atom stereocenters. The van der Waals surface area contributed by atoms with E-state index in [0.717, 1.165) is 17.1 Å². The van der Waals surface area contributed by atoms with Crippen LogP contribution in [0.2, 0.25) is 0 Å². The molecule has 1 aromatic heterocycles. The Bertz CT molecular complexity index is 747. The van der Waals surface area contributed by atoms with Crippen molar-refractivity contribution in [2.45, 2.75) is 6.92 Å². The van der Waals surface area contributed by atoms with Crippen LogP contribution in [0.4, 0.5) is 5.69 Å². The summed E-state index contributed by atoms with van der Waals surface area (Å²) < 4.78 is 1.74. The molecule has 0 aliphatic carbocycles. The molecule has 3 rings (SSSR count). The Kier molecular flexibility index (Phi) is 3.47. The van der Waals surface area contributed by atoms with Crippen LogP contribution >= 0.6 is 0 Å². The van der Waals surface area contributed by atoms with E-state index in [9.17, 15) is 4.79 Å². The average Bonchev–Trinajstić information content (AvgIpc) is 2.95. The van der Waals surface area contributed by atoms with E-state index < -0.39 is 0 Å². The molecule has 104 valence electrons. The van der Waals surface area contributed by atoms with Gasteiger partial charge in [0.25, 0.3) is 5.91 Å². The molecule has 0 radical (unpaired) electrons. The molecule has 3 aromatic rings. The molecule has 1 N–H and O–H groups in total. The van der Waals surface area contributed by atoms with Gasteiger partial charge in [-0.3, -0.25) is 4.79 Å². The van der Waals surface area contributed by atoms with Crippen molar-refractivity contribution in [1.82, 2.24) is 15.0 Å². The van der Waals surface area contributed by atoms with Crippen LogP contribution < -0.4 is 5.32 Å². The first-order chi connectivity index (χ1) is 10.2. The number of aryl methyl sites for hydroxylation is 1. The molecular weight excluding hydrogens is 264 g/mol. The van der Waals surface area contributed by atoms with Gasteiger partial charge in [0, 0.05) is 11.3 Å². The lowest BCUT2D eigenvalue weighted by molar-refractivity contribution is 0.102. The van der Waals surface area contributed by atoms with Crippen molar-refractivity contribution in [3.05, 3.63) is 72.1 Å². The molecular formula is C16H14N4O. The fraction of sp³-hybridized carbons (Fsp3) is 0.0625. The standard InChI is InChI=1S/C16H14N4O/c1-12-11-17-19-20(12)15-9-7-14(8-10-15)18-16(21)13-5-3-2-4-6-13/h2-11H,1H3,(H,18,21). The molecule has 1 amide bonds. The number of aromatic nitrogens is 3. The number of amides is 1. The zero-order chi connectivity index (χ0) is 14.7. The molecule has 0 saturated heterocycles. The van der Waals surface area contributed by atoms with Gasteiger partial charge in [0.05, 0.1) is 17.6 Å². The third-order valence-corrected chi connectivity index (χ3v) is 3.13. The monoisotopic (exact) mass is 278 g/mol. The molecule has 2 aromatic carbocycles. The van der Waals surface area contributed by atoms with Crippen LogP contribution in [0.1, 0.15) is 16.1 Å². The van der Waals surface area contributed by atoms with E-state index in [2.05, 4.69) is 15.6 Å². The van der Waals surface area contributed by atoms with Crippen LogP contribution in [0.15, 0.2) is 60.8 Å². The predicted octanol–water partition coefficient (Wildman–Crippen LogP) is 2.83. The smallest absolute Gasteiger partial charge is 0.255 e. The summed E-state index contributed by atoms with van der Waals surface area (Å²) in [6.45, 7) is 1.94. The Balaban J connectivity index is 1.76. The average molecular weight is 278 g/mol. The first-order valence-corrected chi connectivity index (χ1v) is 6.58. The van der Waals surface area contributed by atoms with Crippen molar-refractivity contribution in [3.63, 3.8) is 0 Å². The molecule has 0 spiro atoms. The van der Waals surface area contributed by atoms with E-state index in [1.54, 1.807) is 23.0 Å². The first kappa shape index (κ1) is 13.1. The zero-order valence-electron chi connectivity index (χ0n) is 11.5. The third kappa shape index (κ3) is 2.81. The van der Waals surface area contributed by atoms with Crippen LogP contribution in [0.25, 0.3) is 5.69 Å². The van der Waals surface area contributed by atoms with Gasteiger partial charge in [-0.05, 0) is 43.3 Å². The van der Waals surface area contributed by atoms with Crippen LogP contribution in [0, 0.1) is 6.92 Å². The van der Waals surface area contributed by atoms with Gasteiger partial charge in [0.2, 0.25) is 0 Å². The van der Waals surface area contributed by atoms with Crippen molar-refractivity contribution < 1.29 is 4.79 Å². The third-order valence-electron chi connectivity index (χ3n) is 3.13. The molecule has 0 aliphatic rings. The summed E-state index contributed by atoms with van der Waals surface area (Å²) in [5.74, 6) is -0.125. The van der Waals surface area contributed by atoms with Crippen LogP contribution in [-0.2, 0) is 0 Å². The second-order valence-electron chi connectivity index (χ2n) is 4.65. The summed E-state index contributed by atoms with van der Waals surface area (Å²) in [5, 5.41) is 10.7. The van der Waals surface area contributed by atoms with Crippen molar-refractivity contribution >= 4 is 11.6 Å². The highest BCUT2D eigenvalue weighted by Crippen LogP contribution is 2.14. The van der Waals surface area contributed by atoms with Crippen molar-refractivity contribution in [2.24, 2.45) is 0 Å². The van der Waals surface area contributed by atoms with Crippen molar-refractivity contribution in [2.75, 3.05) is 5.32 Å². The number of carbonyl (C=O) groups is 1. The minimum Gasteiger partial charge on any atom is -0.322 e. The van der Waals surface area contributed by atoms with Gasteiger partial charge >= 0.3 is 0 Å². The van der Waals surface area contributed by atoms with E-state index in [-0.39, 0.29) is 5.91 Å². The van der Waals surface area contributed by atoms with Crippen LogP contribution in [0.5, 0.6) is 0 Å². The van der Waals surface area contributed by atoms with Gasteiger partial charge in [-0.1, -0.05) is 23.4 Å². The van der Waals surface area contributed by atoms with Gasteiger partial charge in [0.1, 0.15) is 0 Å². The molecule has 0 bridgehead atoms. The number of carbonyl (C=O) groups excluding carboxylic acids is 1.